The van der Waals surface area contributed by atoms with Gasteiger partial charge in [-0.1, -0.05) is 30.7 Å². The molecule has 4 heteroatoms. The zero-order valence-electron chi connectivity index (χ0n) is 14.2. The summed E-state index contributed by atoms with van der Waals surface area (Å²) < 4.78 is 13.5. The molecule has 0 spiro atoms. The largest absolute Gasteiger partial charge is 0.378 e. The number of carbonyl (C=O) groups excluding carboxylic acids is 1. The molecule has 24 heavy (non-hydrogen) atoms. The van der Waals surface area contributed by atoms with E-state index in [9.17, 15) is 9.18 Å². The molecule has 2 aromatic carbocycles. The molecule has 1 amide bonds. The topological polar surface area (TPSA) is 32.3 Å². The van der Waals surface area contributed by atoms with Crippen molar-refractivity contribution in [1.29, 1.82) is 0 Å². The summed E-state index contributed by atoms with van der Waals surface area (Å²) in [7, 11) is 3.99. The van der Waals surface area contributed by atoms with Gasteiger partial charge in [-0.25, -0.2) is 4.39 Å². The molecule has 0 heterocycles. The first-order valence-corrected chi connectivity index (χ1v) is 8.32. The molecule has 2 aromatic rings. The molecule has 0 radical (unpaired) electrons. The fourth-order valence-corrected chi connectivity index (χ4v) is 3.23. The predicted octanol–water partition coefficient (Wildman–Crippen LogP) is 3.63. The Bertz CT molecular complexity index is 721. The Morgan fingerprint density at radius 3 is 2.42 bits per heavy atom. The van der Waals surface area contributed by atoms with E-state index in [4.69, 9.17) is 0 Å². The Labute approximate surface area is 142 Å². The molecule has 0 atom stereocenters. The Balaban J connectivity index is 1.69. The Hall–Kier alpha value is -2.36. The fraction of sp³-hybridized carbons (Fsp3) is 0.350. The van der Waals surface area contributed by atoms with Crippen molar-refractivity contribution in [2.75, 3.05) is 19.0 Å². The summed E-state index contributed by atoms with van der Waals surface area (Å²) >= 11 is 0. The molecular formula is C20H23FN2O. The predicted molar refractivity (Wildman–Crippen MR) is 94.5 cm³/mol. The van der Waals surface area contributed by atoms with Crippen LogP contribution in [0.25, 0.3) is 0 Å². The lowest BCUT2D eigenvalue weighted by Crippen LogP contribution is -2.49. The molecule has 126 valence electrons. The summed E-state index contributed by atoms with van der Waals surface area (Å²) in [6, 6.07) is 14.5. The van der Waals surface area contributed by atoms with E-state index in [1.807, 2.05) is 49.3 Å². The molecule has 1 fully saturated rings. The van der Waals surface area contributed by atoms with Crippen LogP contribution in [0.15, 0.2) is 48.5 Å². The van der Waals surface area contributed by atoms with Gasteiger partial charge in [-0.3, -0.25) is 4.79 Å². The van der Waals surface area contributed by atoms with Crippen LogP contribution >= 0.6 is 0 Å². The van der Waals surface area contributed by atoms with E-state index in [1.165, 1.54) is 12.1 Å². The normalized spacial score (nSPS) is 15.5. The average molecular weight is 326 g/mol. The van der Waals surface area contributed by atoms with Crippen LogP contribution in [0.5, 0.6) is 0 Å². The molecule has 1 aliphatic carbocycles. The number of carbonyl (C=O) groups is 1. The van der Waals surface area contributed by atoms with Gasteiger partial charge in [0.15, 0.2) is 0 Å². The summed E-state index contributed by atoms with van der Waals surface area (Å²) in [6.07, 6.45) is 2.56. The summed E-state index contributed by atoms with van der Waals surface area (Å²) in [5.74, 6) is -0.290. The number of nitrogens with one attached hydrogen (secondary N) is 1. The minimum atomic E-state index is -0.564. The first-order valence-electron chi connectivity index (χ1n) is 8.32. The van der Waals surface area contributed by atoms with Crippen LogP contribution in [-0.2, 0) is 16.8 Å². The van der Waals surface area contributed by atoms with Crippen LogP contribution < -0.4 is 10.2 Å². The number of amides is 1. The minimum absolute atomic E-state index is 0.00367. The van der Waals surface area contributed by atoms with Crippen molar-refractivity contribution in [3.63, 3.8) is 0 Å². The molecular weight excluding hydrogens is 303 g/mol. The maximum absolute atomic E-state index is 13.5. The van der Waals surface area contributed by atoms with Crippen LogP contribution in [0, 0.1) is 5.82 Å². The maximum Gasteiger partial charge on any atom is 0.230 e. The van der Waals surface area contributed by atoms with Crippen molar-refractivity contribution < 1.29 is 9.18 Å². The van der Waals surface area contributed by atoms with Crippen LogP contribution in [-0.4, -0.2) is 20.0 Å². The van der Waals surface area contributed by atoms with E-state index in [-0.39, 0.29) is 11.7 Å². The average Bonchev–Trinajstić information content (AvgIpc) is 2.52. The van der Waals surface area contributed by atoms with E-state index < -0.39 is 5.41 Å². The number of rotatable bonds is 5. The van der Waals surface area contributed by atoms with Crippen molar-refractivity contribution in [1.82, 2.24) is 5.32 Å². The number of hydrogen-bond acceptors (Lipinski definition) is 2. The van der Waals surface area contributed by atoms with Gasteiger partial charge >= 0.3 is 0 Å². The molecule has 0 unspecified atom stereocenters. The van der Waals surface area contributed by atoms with Gasteiger partial charge in [-0.15, -0.1) is 0 Å². The standard InChI is InChI=1S/C20H23FN2O/c1-23(2)18-9-7-15(8-10-18)14-22-19(24)20(11-4-12-20)16-5-3-6-17(21)13-16/h3,5-10,13H,4,11-12,14H2,1-2H3,(H,22,24). The third kappa shape index (κ3) is 3.14. The van der Waals surface area contributed by atoms with E-state index in [0.717, 1.165) is 36.1 Å². The fourth-order valence-electron chi connectivity index (χ4n) is 3.23. The number of nitrogens with zero attached hydrogens (tertiary/aromatic N) is 1. The lowest BCUT2D eigenvalue weighted by Gasteiger charge is -2.40. The SMILES string of the molecule is CN(C)c1ccc(CNC(=O)C2(c3cccc(F)c3)CCC2)cc1. The molecule has 0 aliphatic heterocycles. The molecule has 1 aliphatic rings. The minimum Gasteiger partial charge on any atom is -0.378 e. The third-order valence-corrected chi connectivity index (χ3v) is 4.92. The second-order valence-corrected chi connectivity index (χ2v) is 6.69. The van der Waals surface area contributed by atoms with Crippen LogP contribution in [0.2, 0.25) is 0 Å². The van der Waals surface area contributed by atoms with Crippen molar-refractivity contribution >= 4 is 11.6 Å². The molecule has 3 rings (SSSR count). The molecule has 1 saturated carbocycles. The van der Waals surface area contributed by atoms with E-state index >= 15 is 0 Å². The number of benzene rings is 2. The molecule has 1 N–H and O–H groups in total. The van der Waals surface area contributed by atoms with Crippen LogP contribution in [0.3, 0.4) is 0 Å². The lowest BCUT2D eigenvalue weighted by molar-refractivity contribution is -0.130. The van der Waals surface area contributed by atoms with Crippen molar-refractivity contribution in [3.05, 3.63) is 65.5 Å². The van der Waals surface area contributed by atoms with E-state index in [2.05, 4.69) is 5.32 Å². The number of halogens is 1. The molecule has 0 saturated heterocycles. The Morgan fingerprint density at radius 1 is 1.17 bits per heavy atom. The van der Waals surface area contributed by atoms with Crippen LogP contribution in [0.4, 0.5) is 10.1 Å². The highest BCUT2D eigenvalue weighted by Crippen LogP contribution is 2.44. The first-order chi connectivity index (χ1) is 11.5. The Kier molecular flexibility index (Phi) is 4.56. The van der Waals surface area contributed by atoms with E-state index in [0.29, 0.717) is 6.54 Å². The van der Waals surface area contributed by atoms with Gasteiger partial charge in [0, 0.05) is 26.3 Å². The van der Waals surface area contributed by atoms with Gasteiger partial charge in [-0.2, -0.15) is 0 Å². The van der Waals surface area contributed by atoms with Crippen molar-refractivity contribution in [2.45, 2.75) is 31.2 Å². The maximum atomic E-state index is 13.5. The van der Waals surface area contributed by atoms with Gasteiger partial charge in [-0.05, 0) is 48.2 Å². The highest BCUT2D eigenvalue weighted by atomic mass is 19.1. The highest BCUT2D eigenvalue weighted by Gasteiger charge is 2.45. The van der Waals surface area contributed by atoms with Crippen molar-refractivity contribution in [2.24, 2.45) is 0 Å². The second kappa shape index (κ2) is 6.63. The van der Waals surface area contributed by atoms with Gasteiger partial charge in [0.1, 0.15) is 5.82 Å². The van der Waals surface area contributed by atoms with Gasteiger partial charge in [0.25, 0.3) is 0 Å². The van der Waals surface area contributed by atoms with Crippen molar-refractivity contribution in [3.8, 4) is 0 Å². The quantitative estimate of drug-likeness (QED) is 0.910. The zero-order chi connectivity index (χ0) is 17.2. The van der Waals surface area contributed by atoms with Gasteiger partial charge < -0.3 is 10.2 Å². The summed E-state index contributed by atoms with van der Waals surface area (Å²) in [5.41, 5.74) is 2.41. The zero-order valence-corrected chi connectivity index (χ0v) is 14.2. The number of anilines is 1. The lowest BCUT2D eigenvalue weighted by atomic mass is 9.64. The molecule has 0 aromatic heterocycles. The third-order valence-electron chi connectivity index (χ3n) is 4.92. The monoisotopic (exact) mass is 326 g/mol. The summed E-state index contributed by atoms with van der Waals surface area (Å²) in [6.45, 7) is 0.490. The summed E-state index contributed by atoms with van der Waals surface area (Å²) in [4.78, 5) is 14.8. The Morgan fingerprint density at radius 2 is 1.88 bits per heavy atom. The summed E-state index contributed by atoms with van der Waals surface area (Å²) in [5, 5.41) is 3.03. The molecule has 3 nitrogen and oxygen atoms in total. The first kappa shape index (κ1) is 16.5. The smallest absolute Gasteiger partial charge is 0.230 e. The number of hydrogen-bond donors (Lipinski definition) is 1. The van der Waals surface area contributed by atoms with Crippen LogP contribution in [0.1, 0.15) is 30.4 Å². The van der Waals surface area contributed by atoms with Gasteiger partial charge in [0.2, 0.25) is 5.91 Å². The van der Waals surface area contributed by atoms with E-state index in [1.54, 1.807) is 6.07 Å². The molecule has 0 bridgehead atoms. The van der Waals surface area contributed by atoms with Gasteiger partial charge in [0.05, 0.1) is 5.41 Å². The second-order valence-electron chi connectivity index (χ2n) is 6.69. The highest BCUT2D eigenvalue weighted by molar-refractivity contribution is 5.89.